The Bertz CT molecular complexity index is 310. The first-order valence-electron chi connectivity index (χ1n) is 3.54. The van der Waals surface area contributed by atoms with Gasteiger partial charge >= 0.3 is 0 Å². The molecule has 12 heavy (non-hydrogen) atoms. The van der Waals surface area contributed by atoms with Crippen LogP contribution in [0.5, 0.6) is 0 Å². The van der Waals surface area contributed by atoms with Crippen LogP contribution in [0.2, 0.25) is 0 Å². The first-order chi connectivity index (χ1) is 5.79. The highest BCUT2D eigenvalue weighted by Gasteiger charge is 2.28. The zero-order valence-electron chi connectivity index (χ0n) is 6.84. The number of hydrogen-bond acceptors (Lipinski definition) is 6. The van der Waals surface area contributed by atoms with Gasteiger partial charge < -0.3 is 4.90 Å². The van der Waals surface area contributed by atoms with E-state index >= 15 is 0 Å². The molecule has 6 nitrogen and oxygen atoms in total. The minimum Gasteiger partial charge on any atom is -0.364 e. The van der Waals surface area contributed by atoms with Gasteiger partial charge in [-0.2, -0.15) is 0 Å². The monoisotopic (exact) mass is 164 g/mol. The van der Waals surface area contributed by atoms with Crippen molar-refractivity contribution in [3.63, 3.8) is 0 Å². The molecule has 0 amide bonds. The second-order valence-corrected chi connectivity index (χ2v) is 2.69. The Balaban J connectivity index is 2.35. The first kappa shape index (κ1) is 7.08. The molecular weight excluding hydrogens is 156 g/mol. The lowest BCUT2D eigenvalue weighted by atomic mass is 10.2. The highest BCUT2D eigenvalue weighted by molar-refractivity contribution is 6.16. The number of rotatable bonds is 0. The van der Waals surface area contributed by atoms with Crippen LogP contribution >= 0.6 is 0 Å². The second kappa shape index (κ2) is 2.47. The molecule has 62 valence electrons. The van der Waals surface area contributed by atoms with E-state index < -0.39 is 0 Å². The number of hydrogen-bond donors (Lipinski definition) is 0. The Kier molecular flexibility index (Phi) is 1.46. The zero-order valence-corrected chi connectivity index (χ0v) is 6.84. The van der Waals surface area contributed by atoms with Gasteiger partial charge in [0.1, 0.15) is 12.2 Å². The van der Waals surface area contributed by atoms with E-state index in [0.717, 1.165) is 5.84 Å². The predicted octanol–water partition coefficient (Wildman–Crippen LogP) is 0.136. The summed E-state index contributed by atoms with van der Waals surface area (Å²) in [6.07, 6.45) is 1.47. The van der Waals surface area contributed by atoms with Crippen LogP contribution in [0.3, 0.4) is 0 Å². The Morgan fingerprint density at radius 1 is 1.42 bits per heavy atom. The maximum atomic E-state index is 4.09. The van der Waals surface area contributed by atoms with Crippen molar-refractivity contribution < 1.29 is 0 Å². The Labute approximate surface area is 69.4 Å². The van der Waals surface area contributed by atoms with Crippen LogP contribution in [0.15, 0.2) is 25.4 Å². The van der Waals surface area contributed by atoms with Gasteiger partial charge in [0.2, 0.25) is 0 Å². The number of nitrogens with zero attached hydrogens (tertiary/aromatic N) is 6. The third kappa shape index (κ3) is 0.919. The number of fused-ring (bicyclic) bond motifs is 1. The largest absolute Gasteiger partial charge is 0.364 e. The molecule has 2 aliphatic heterocycles. The maximum absolute atomic E-state index is 4.09. The van der Waals surface area contributed by atoms with Gasteiger partial charge in [-0.1, -0.05) is 0 Å². The van der Waals surface area contributed by atoms with Gasteiger partial charge in [-0.15, -0.1) is 10.2 Å². The summed E-state index contributed by atoms with van der Waals surface area (Å²) in [5, 5.41) is 11.2. The molecule has 0 fully saturated rings. The van der Waals surface area contributed by atoms with Crippen LogP contribution in [0.4, 0.5) is 0 Å². The zero-order chi connectivity index (χ0) is 8.55. The van der Waals surface area contributed by atoms with Gasteiger partial charge in [-0.3, -0.25) is 0 Å². The maximum Gasteiger partial charge on any atom is 0.192 e. The molecule has 0 aliphatic carbocycles. The SMILES string of the molecule is CN(C)C1=NC=NC2=NN=NC21. The van der Waals surface area contributed by atoms with Gasteiger partial charge in [0.05, 0.1) is 0 Å². The summed E-state index contributed by atoms with van der Waals surface area (Å²) in [5.41, 5.74) is 0. The van der Waals surface area contributed by atoms with E-state index in [1.807, 2.05) is 19.0 Å². The van der Waals surface area contributed by atoms with E-state index in [1.54, 1.807) is 0 Å². The summed E-state index contributed by atoms with van der Waals surface area (Å²) in [6, 6.07) is -0.190. The number of amidine groups is 2. The molecule has 0 saturated carbocycles. The van der Waals surface area contributed by atoms with Crippen molar-refractivity contribution in [2.24, 2.45) is 25.4 Å². The normalized spacial score (nSPS) is 25.0. The highest BCUT2D eigenvalue weighted by Crippen LogP contribution is 2.12. The minimum absolute atomic E-state index is 0.190. The molecule has 0 aromatic heterocycles. The van der Waals surface area contributed by atoms with Crippen LogP contribution in [0, 0.1) is 0 Å². The predicted molar refractivity (Wildman–Crippen MR) is 45.7 cm³/mol. The van der Waals surface area contributed by atoms with Gasteiger partial charge in [0.25, 0.3) is 0 Å². The van der Waals surface area contributed by atoms with Crippen LogP contribution < -0.4 is 0 Å². The molecule has 1 atom stereocenters. The molecule has 0 saturated heterocycles. The van der Waals surface area contributed by atoms with Crippen molar-refractivity contribution in [3.8, 4) is 0 Å². The second-order valence-electron chi connectivity index (χ2n) is 2.69. The average Bonchev–Trinajstić information content (AvgIpc) is 2.49. The van der Waals surface area contributed by atoms with E-state index in [2.05, 4.69) is 25.4 Å². The van der Waals surface area contributed by atoms with Crippen molar-refractivity contribution in [2.45, 2.75) is 6.04 Å². The molecule has 0 aromatic rings. The molecule has 2 aliphatic rings. The molecular formula is C6H8N6. The van der Waals surface area contributed by atoms with Gasteiger partial charge in [-0.25, -0.2) is 9.98 Å². The van der Waals surface area contributed by atoms with Gasteiger partial charge in [0, 0.05) is 14.1 Å². The quantitative estimate of drug-likeness (QED) is 0.502. The van der Waals surface area contributed by atoms with Crippen molar-refractivity contribution in [1.29, 1.82) is 0 Å². The van der Waals surface area contributed by atoms with Crippen LogP contribution in [-0.2, 0) is 0 Å². The molecule has 2 heterocycles. The van der Waals surface area contributed by atoms with Crippen molar-refractivity contribution in [1.82, 2.24) is 4.90 Å². The molecule has 0 radical (unpaired) electrons. The molecule has 0 spiro atoms. The summed E-state index contributed by atoms with van der Waals surface area (Å²) >= 11 is 0. The third-order valence-electron chi connectivity index (χ3n) is 1.64. The van der Waals surface area contributed by atoms with E-state index in [0.29, 0.717) is 5.84 Å². The fourth-order valence-electron chi connectivity index (χ4n) is 1.07. The topological polar surface area (TPSA) is 65.0 Å². The van der Waals surface area contributed by atoms with E-state index in [9.17, 15) is 0 Å². The van der Waals surface area contributed by atoms with Crippen molar-refractivity contribution >= 4 is 18.0 Å². The number of likely N-dealkylation sites (N-methyl/N-ethyl adjacent to an activating group) is 1. The van der Waals surface area contributed by atoms with Crippen molar-refractivity contribution in [3.05, 3.63) is 0 Å². The third-order valence-corrected chi connectivity index (χ3v) is 1.64. The Hall–Kier alpha value is -1.59. The minimum atomic E-state index is -0.190. The summed E-state index contributed by atoms with van der Waals surface area (Å²) in [6.45, 7) is 0. The number of aliphatic imine (C=N–C) groups is 2. The lowest BCUT2D eigenvalue weighted by molar-refractivity contribution is 0.603. The lowest BCUT2D eigenvalue weighted by Crippen LogP contribution is -2.38. The summed E-state index contributed by atoms with van der Waals surface area (Å²) in [5.74, 6) is 1.44. The highest BCUT2D eigenvalue weighted by atomic mass is 15.5. The molecule has 0 N–H and O–H groups in total. The Morgan fingerprint density at radius 3 is 3.00 bits per heavy atom. The van der Waals surface area contributed by atoms with Gasteiger partial charge in [0.15, 0.2) is 11.9 Å². The molecule has 6 heteroatoms. The molecule has 2 rings (SSSR count). The van der Waals surface area contributed by atoms with E-state index in [1.165, 1.54) is 6.34 Å². The molecule has 1 unspecified atom stereocenters. The summed E-state index contributed by atoms with van der Waals surface area (Å²) < 4.78 is 0. The van der Waals surface area contributed by atoms with E-state index in [-0.39, 0.29) is 6.04 Å². The van der Waals surface area contributed by atoms with E-state index in [4.69, 9.17) is 0 Å². The van der Waals surface area contributed by atoms with Crippen LogP contribution in [0.25, 0.3) is 0 Å². The standard InChI is InChI=1S/C6H8N6/c1-12(2)6-4-5(7-3-8-6)10-11-9-4/h3-4H,1-2H3. The fraction of sp³-hybridized carbons (Fsp3) is 0.500. The van der Waals surface area contributed by atoms with Gasteiger partial charge in [-0.05, 0) is 5.22 Å². The Morgan fingerprint density at radius 2 is 2.25 bits per heavy atom. The van der Waals surface area contributed by atoms with Crippen LogP contribution in [-0.4, -0.2) is 43.0 Å². The summed E-state index contributed by atoms with van der Waals surface area (Å²) in [4.78, 5) is 9.92. The average molecular weight is 164 g/mol. The fourth-order valence-corrected chi connectivity index (χ4v) is 1.07. The first-order valence-corrected chi connectivity index (χ1v) is 3.54. The lowest BCUT2D eigenvalue weighted by Gasteiger charge is -2.19. The van der Waals surface area contributed by atoms with Crippen molar-refractivity contribution in [2.75, 3.05) is 14.1 Å². The van der Waals surface area contributed by atoms with Crippen LogP contribution in [0.1, 0.15) is 0 Å². The smallest absolute Gasteiger partial charge is 0.192 e. The molecule has 0 bridgehead atoms. The summed E-state index contributed by atoms with van der Waals surface area (Å²) in [7, 11) is 3.81. The molecule has 0 aromatic carbocycles.